The molecule has 1 amide bonds. The zero-order chi connectivity index (χ0) is 13.0. The highest BCUT2D eigenvalue weighted by Crippen LogP contribution is 2.30. The lowest BCUT2D eigenvalue weighted by Crippen LogP contribution is -2.35. The molecule has 2 heterocycles. The summed E-state index contributed by atoms with van der Waals surface area (Å²) in [4.78, 5) is 14.4. The van der Waals surface area contributed by atoms with Crippen molar-refractivity contribution in [3.05, 3.63) is 24.0 Å². The van der Waals surface area contributed by atoms with E-state index in [1.54, 1.807) is 0 Å². The highest BCUT2D eigenvalue weighted by atomic mass is 16.2. The Balaban J connectivity index is 2.22. The lowest BCUT2D eigenvalue weighted by Gasteiger charge is -2.30. The van der Waals surface area contributed by atoms with Gasteiger partial charge in [0.25, 0.3) is 0 Å². The van der Waals surface area contributed by atoms with Crippen molar-refractivity contribution in [2.45, 2.75) is 51.5 Å². The number of hydrogen-bond acceptors (Lipinski definition) is 1. The van der Waals surface area contributed by atoms with E-state index < -0.39 is 0 Å². The first-order chi connectivity index (χ1) is 8.74. The largest absolute Gasteiger partial charge is 0.353 e. The zero-order valence-corrected chi connectivity index (χ0v) is 11.6. The Morgan fingerprint density at radius 2 is 2.22 bits per heavy atom. The van der Waals surface area contributed by atoms with Gasteiger partial charge in [0.05, 0.1) is 6.04 Å². The van der Waals surface area contributed by atoms with Crippen molar-refractivity contribution >= 4 is 5.91 Å². The Morgan fingerprint density at radius 3 is 2.89 bits per heavy atom. The average molecular weight is 248 g/mol. The summed E-state index contributed by atoms with van der Waals surface area (Å²) in [6.45, 7) is 3.00. The summed E-state index contributed by atoms with van der Waals surface area (Å²) in [5.74, 6) is 0.325. The van der Waals surface area contributed by atoms with Crippen molar-refractivity contribution in [2.24, 2.45) is 7.05 Å². The van der Waals surface area contributed by atoms with Gasteiger partial charge in [0, 0.05) is 31.9 Å². The van der Waals surface area contributed by atoms with E-state index >= 15 is 0 Å². The normalized spacial score (nSPS) is 20.8. The molecule has 0 bridgehead atoms. The standard InChI is InChI=1S/C15H24N2O/c1-3-8-15(18)17-12-6-4-5-9-14(17)13-10-7-11-16(13)2/h7,10-11,14H,3-6,8-9,12H2,1-2H3. The van der Waals surface area contributed by atoms with Crippen LogP contribution in [0.2, 0.25) is 0 Å². The second kappa shape index (κ2) is 6.07. The minimum atomic E-state index is 0.284. The van der Waals surface area contributed by atoms with E-state index in [1.807, 2.05) is 0 Å². The number of amides is 1. The number of aryl methyl sites for hydroxylation is 1. The Bertz CT molecular complexity index is 397. The minimum Gasteiger partial charge on any atom is -0.353 e. The molecule has 1 fully saturated rings. The molecule has 3 nitrogen and oxygen atoms in total. The lowest BCUT2D eigenvalue weighted by molar-refractivity contribution is -0.133. The van der Waals surface area contributed by atoms with Crippen LogP contribution in [0.3, 0.4) is 0 Å². The molecule has 0 radical (unpaired) electrons. The van der Waals surface area contributed by atoms with Gasteiger partial charge in [0.1, 0.15) is 0 Å². The first kappa shape index (κ1) is 13.2. The summed E-state index contributed by atoms with van der Waals surface area (Å²) < 4.78 is 2.15. The van der Waals surface area contributed by atoms with Crippen LogP contribution in [0.1, 0.15) is 57.2 Å². The molecular formula is C15H24N2O. The molecule has 0 aliphatic carbocycles. The first-order valence-electron chi connectivity index (χ1n) is 7.14. The predicted molar refractivity (Wildman–Crippen MR) is 73.2 cm³/mol. The topological polar surface area (TPSA) is 25.2 Å². The third-order valence-electron chi connectivity index (χ3n) is 3.86. The van der Waals surface area contributed by atoms with Gasteiger partial charge < -0.3 is 9.47 Å². The molecule has 1 aromatic rings. The van der Waals surface area contributed by atoms with Crippen molar-refractivity contribution in [3.63, 3.8) is 0 Å². The van der Waals surface area contributed by atoms with Crippen LogP contribution in [0.5, 0.6) is 0 Å². The molecule has 0 aromatic carbocycles. The van der Waals surface area contributed by atoms with Crippen LogP contribution >= 0.6 is 0 Å². The van der Waals surface area contributed by atoms with Gasteiger partial charge in [-0.3, -0.25) is 4.79 Å². The molecule has 100 valence electrons. The summed E-state index contributed by atoms with van der Waals surface area (Å²) in [7, 11) is 2.07. The molecule has 1 aliphatic heterocycles. The van der Waals surface area contributed by atoms with E-state index in [-0.39, 0.29) is 6.04 Å². The van der Waals surface area contributed by atoms with Crippen LogP contribution in [0.25, 0.3) is 0 Å². The summed E-state index contributed by atoms with van der Waals surface area (Å²) in [5, 5.41) is 0. The third kappa shape index (κ3) is 2.77. The third-order valence-corrected chi connectivity index (χ3v) is 3.86. The van der Waals surface area contributed by atoms with E-state index in [4.69, 9.17) is 0 Å². The summed E-state index contributed by atoms with van der Waals surface area (Å²) in [6.07, 6.45) is 8.42. The second-order valence-electron chi connectivity index (χ2n) is 5.25. The van der Waals surface area contributed by atoms with Crippen molar-refractivity contribution < 1.29 is 4.79 Å². The Hall–Kier alpha value is -1.25. The van der Waals surface area contributed by atoms with Gasteiger partial charge in [-0.25, -0.2) is 0 Å². The number of carbonyl (C=O) groups is 1. The lowest BCUT2D eigenvalue weighted by atomic mass is 10.1. The SMILES string of the molecule is CCCC(=O)N1CCCCCC1c1cccn1C. The van der Waals surface area contributed by atoms with E-state index in [0.717, 1.165) is 25.8 Å². The van der Waals surface area contributed by atoms with Crippen molar-refractivity contribution in [1.29, 1.82) is 0 Å². The molecular weight excluding hydrogens is 224 g/mol. The molecule has 0 spiro atoms. The molecule has 2 rings (SSSR count). The van der Waals surface area contributed by atoms with Gasteiger partial charge in [0.15, 0.2) is 0 Å². The van der Waals surface area contributed by atoms with Crippen molar-refractivity contribution in [3.8, 4) is 0 Å². The summed E-state index contributed by atoms with van der Waals surface area (Å²) in [5.41, 5.74) is 1.28. The molecule has 1 aliphatic rings. The Morgan fingerprint density at radius 1 is 1.39 bits per heavy atom. The molecule has 0 N–H and O–H groups in total. The maximum absolute atomic E-state index is 12.3. The van der Waals surface area contributed by atoms with Crippen molar-refractivity contribution in [1.82, 2.24) is 9.47 Å². The molecule has 1 unspecified atom stereocenters. The number of nitrogens with zero attached hydrogens (tertiary/aromatic N) is 2. The minimum absolute atomic E-state index is 0.284. The summed E-state index contributed by atoms with van der Waals surface area (Å²) in [6, 6.07) is 4.51. The van der Waals surface area contributed by atoms with Gasteiger partial charge in [-0.15, -0.1) is 0 Å². The van der Waals surface area contributed by atoms with Gasteiger partial charge in [-0.05, 0) is 31.4 Å². The molecule has 1 atom stereocenters. The van der Waals surface area contributed by atoms with Crippen LogP contribution in [0, 0.1) is 0 Å². The fraction of sp³-hybridized carbons (Fsp3) is 0.667. The second-order valence-corrected chi connectivity index (χ2v) is 5.25. The quantitative estimate of drug-likeness (QED) is 0.806. The van der Waals surface area contributed by atoms with Gasteiger partial charge in [-0.2, -0.15) is 0 Å². The average Bonchev–Trinajstić information content (AvgIpc) is 2.64. The number of hydrogen-bond donors (Lipinski definition) is 0. The molecule has 1 saturated heterocycles. The van der Waals surface area contributed by atoms with Crippen LogP contribution in [-0.4, -0.2) is 21.9 Å². The number of rotatable bonds is 3. The summed E-state index contributed by atoms with van der Waals surface area (Å²) >= 11 is 0. The first-order valence-corrected chi connectivity index (χ1v) is 7.14. The van der Waals surface area contributed by atoms with Crippen molar-refractivity contribution in [2.75, 3.05) is 6.54 Å². The highest BCUT2D eigenvalue weighted by molar-refractivity contribution is 5.76. The fourth-order valence-corrected chi connectivity index (χ4v) is 2.89. The monoisotopic (exact) mass is 248 g/mol. The molecule has 3 heteroatoms. The van der Waals surface area contributed by atoms with Gasteiger partial charge in [0.2, 0.25) is 5.91 Å². The maximum Gasteiger partial charge on any atom is 0.223 e. The predicted octanol–water partition coefficient (Wildman–Crippen LogP) is 3.27. The van der Waals surface area contributed by atoms with Gasteiger partial charge >= 0.3 is 0 Å². The van der Waals surface area contributed by atoms with E-state index in [1.165, 1.54) is 18.5 Å². The smallest absolute Gasteiger partial charge is 0.223 e. The van der Waals surface area contributed by atoms with E-state index in [9.17, 15) is 4.79 Å². The van der Waals surface area contributed by atoms with Crippen LogP contribution in [-0.2, 0) is 11.8 Å². The number of carbonyl (C=O) groups excluding carboxylic acids is 1. The number of likely N-dealkylation sites (tertiary alicyclic amines) is 1. The molecule has 1 aromatic heterocycles. The Kier molecular flexibility index (Phi) is 4.45. The fourth-order valence-electron chi connectivity index (χ4n) is 2.89. The maximum atomic E-state index is 12.3. The van der Waals surface area contributed by atoms with Gasteiger partial charge in [-0.1, -0.05) is 19.8 Å². The molecule has 18 heavy (non-hydrogen) atoms. The van der Waals surface area contributed by atoms with Crippen LogP contribution in [0.4, 0.5) is 0 Å². The van der Waals surface area contributed by atoms with E-state index in [0.29, 0.717) is 12.3 Å². The van der Waals surface area contributed by atoms with Crippen LogP contribution < -0.4 is 0 Å². The Labute approximate surface area is 110 Å². The highest BCUT2D eigenvalue weighted by Gasteiger charge is 2.27. The van der Waals surface area contributed by atoms with Crippen LogP contribution in [0.15, 0.2) is 18.3 Å². The zero-order valence-electron chi connectivity index (χ0n) is 11.6. The molecule has 0 saturated carbocycles. The van der Waals surface area contributed by atoms with E-state index in [2.05, 4.69) is 41.8 Å². The number of aromatic nitrogens is 1.